The molecule has 0 heterocycles. The molecule has 0 aliphatic carbocycles. The van der Waals surface area contributed by atoms with Crippen molar-refractivity contribution in [3.63, 3.8) is 0 Å². The molecule has 7 heteroatoms. The summed E-state index contributed by atoms with van der Waals surface area (Å²) in [6.07, 6.45) is 0.0229. The van der Waals surface area contributed by atoms with Gasteiger partial charge in [-0.3, -0.25) is 4.79 Å². The van der Waals surface area contributed by atoms with Crippen LogP contribution in [0, 0.1) is 11.3 Å². The van der Waals surface area contributed by atoms with Gasteiger partial charge in [-0.25, -0.2) is 10.2 Å². The van der Waals surface area contributed by atoms with E-state index >= 15 is 0 Å². The minimum absolute atomic E-state index is 0.0229. The van der Waals surface area contributed by atoms with Crippen molar-refractivity contribution in [1.29, 1.82) is 5.26 Å². The fourth-order valence-electron chi connectivity index (χ4n) is 1.35. The van der Waals surface area contributed by atoms with Crippen LogP contribution in [0.1, 0.15) is 18.1 Å². The number of benzene rings is 1. The number of amides is 1. The van der Waals surface area contributed by atoms with Gasteiger partial charge in [-0.05, 0) is 24.6 Å². The van der Waals surface area contributed by atoms with Crippen LogP contribution in [0.15, 0.2) is 29.4 Å². The molecular formula is C13H14N4O3. The van der Waals surface area contributed by atoms with E-state index in [0.29, 0.717) is 11.1 Å². The number of nitrogens with zero attached hydrogens (tertiary/aromatic N) is 2. The Morgan fingerprint density at radius 1 is 1.50 bits per heavy atom. The molecule has 0 radical (unpaired) electrons. The number of rotatable bonds is 4. The minimum atomic E-state index is -0.792. The summed E-state index contributed by atoms with van der Waals surface area (Å²) in [7, 11) is 0. The summed E-state index contributed by atoms with van der Waals surface area (Å²) in [4.78, 5) is 22.7. The number of carbonyl (C=O) groups is 2. The number of esters is 1. The zero-order valence-electron chi connectivity index (χ0n) is 10.9. The van der Waals surface area contributed by atoms with E-state index in [1.807, 2.05) is 6.07 Å². The SMILES string of the molecule is CCOC(=O)/C(N)=N/NC(=O)Cc1cccc(C#N)c1. The number of hydrazone groups is 1. The van der Waals surface area contributed by atoms with Gasteiger partial charge in [-0.2, -0.15) is 5.26 Å². The van der Waals surface area contributed by atoms with Crippen LogP contribution in [0.4, 0.5) is 0 Å². The molecule has 7 nitrogen and oxygen atoms in total. The number of hydrogen-bond acceptors (Lipinski definition) is 5. The van der Waals surface area contributed by atoms with Crippen LogP contribution >= 0.6 is 0 Å². The molecule has 1 aromatic carbocycles. The monoisotopic (exact) mass is 274 g/mol. The summed E-state index contributed by atoms with van der Waals surface area (Å²) in [5, 5.41) is 12.2. The van der Waals surface area contributed by atoms with Gasteiger partial charge in [0.25, 0.3) is 0 Å². The molecule has 104 valence electrons. The lowest BCUT2D eigenvalue weighted by Gasteiger charge is -2.03. The second-order valence-corrected chi connectivity index (χ2v) is 3.74. The lowest BCUT2D eigenvalue weighted by atomic mass is 10.1. The van der Waals surface area contributed by atoms with Crippen LogP contribution in [0.5, 0.6) is 0 Å². The molecule has 1 amide bonds. The van der Waals surface area contributed by atoms with Crippen molar-refractivity contribution in [2.24, 2.45) is 10.8 Å². The largest absolute Gasteiger partial charge is 0.460 e. The first-order valence-corrected chi connectivity index (χ1v) is 5.85. The van der Waals surface area contributed by atoms with Crippen LogP contribution in [-0.4, -0.2) is 24.3 Å². The van der Waals surface area contributed by atoms with Crippen LogP contribution in [0.2, 0.25) is 0 Å². The van der Waals surface area contributed by atoms with Crippen molar-refractivity contribution in [2.45, 2.75) is 13.3 Å². The molecule has 0 aromatic heterocycles. The highest BCUT2D eigenvalue weighted by Crippen LogP contribution is 2.04. The van der Waals surface area contributed by atoms with E-state index in [2.05, 4.69) is 15.3 Å². The summed E-state index contributed by atoms with van der Waals surface area (Å²) in [6, 6.07) is 8.60. The third-order valence-corrected chi connectivity index (χ3v) is 2.21. The van der Waals surface area contributed by atoms with Gasteiger partial charge in [-0.1, -0.05) is 12.1 Å². The Kier molecular flexibility index (Phi) is 5.72. The molecule has 0 aliphatic rings. The maximum atomic E-state index is 11.6. The van der Waals surface area contributed by atoms with Gasteiger partial charge in [-0.15, -0.1) is 5.10 Å². The number of nitriles is 1. The number of amidine groups is 1. The lowest BCUT2D eigenvalue weighted by Crippen LogP contribution is -2.31. The standard InChI is InChI=1S/C13H14N4O3/c1-2-20-13(19)12(15)17-16-11(18)7-9-4-3-5-10(6-9)8-14/h3-6H,2,7H2,1H3,(H2,15,17)(H,16,18). The predicted molar refractivity (Wildman–Crippen MR) is 71.3 cm³/mol. The molecule has 1 rings (SSSR count). The smallest absolute Gasteiger partial charge is 0.375 e. The lowest BCUT2D eigenvalue weighted by molar-refractivity contribution is -0.135. The highest BCUT2D eigenvalue weighted by molar-refractivity contribution is 6.34. The molecule has 0 aliphatic heterocycles. The van der Waals surface area contributed by atoms with Crippen molar-refractivity contribution in [1.82, 2.24) is 5.43 Å². The molecule has 0 saturated heterocycles. The molecule has 0 spiro atoms. The Labute approximate surface area is 116 Å². The van der Waals surface area contributed by atoms with E-state index in [9.17, 15) is 9.59 Å². The Balaban J connectivity index is 2.58. The highest BCUT2D eigenvalue weighted by atomic mass is 16.5. The summed E-state index contributed by atoms with van der Waals surface area (Å²) >= 11 is 0. The third-order valence-electron chi connectivity index (χ3n) is 2.21. The fraction of sp³-hybridized carbons (Fsp3) is 0.231. The molecule has 20 heavy (non-hydrogen) atoms. The number of nitrogens with one attached hydrogen (secondary N) is 1. The normalized spacial score (nSPS) is 10.5. The molecule has 3 N–H and O–H groups in total. The van der Waals surface area contributed by atoms with Crippen LogP contribution in [0.25, 0.3) is 0 Å². The Morgan fingerprint density at radius 3 is 2.90 bits per heavy atom. The zero-order valence-corrected chi connectivity index (χ0v) is 10.9. The summed E-state index contributed by atoms with van der Waals surface area (Å²) in [6.45, 7) is 1.80. The van der Waals surface area contributed by atoms with E-state index in [-0.39, 0.29) is 13.0 Å². The minimum Gasteiger partial charge on any atom is -0.460 e. The maximum absolute atomic E-state index is 11.6. The van der Waals surface area contributed by atoms with Crippen molar-refractivity contribution in [3.8, 4) is 6.07 Å². The Morgan fingerprint density at radius 2 is 2.25 bits per heavy atom. The summed E-state index contributed by atoms with van der Waals surface area (Å²) in [5.41, 5.74) is 8.58. The van der Waals surface area contributed by atoms with Crippen LogP contribution in [0.3, 0.4) is 0 Å². The Bertz CT molecular complexity index is 575. The highest BCUT2D eigenvalue weighted by Gasteiger charge is 2.09. The second-order valence-electron chi connectivity index (χ2n) is 3.74. The maximum Gasteiger partial charge on any atom is 0.375 e. The van der Waals surface area contributed by atoms with Gasteiger partial charge in [0.15, 0.2) is 0 Å². The summed E-state index contributed by atoms with van der Waals surface area (Å²) in [5.74, 6) is -1.67. The molecule has 0 unspecified atom stereocenters. The molecule has 0 fully saturated rings. The topological polar surface area (TPSA) is 118 Å². The molecule has 0 saturated carbocycles. The van der Waals surface area contributed by atoms with Gasteiger partial charge in [0.2, 0.25) is 11.7 Å². The summed E-state index contributed by atoms with van der Waals surface area (Å²) < 4.78 is 4.60. The molecule has 0 atom stereocenters. The number of carbonyl (C=O) groups excluding carboxylic acids is 2. The second kappa shape index (κ2) is 7.53. The average Bonchev–Trinajstić information content (AvgIpc) is 2.45. The third kappa shape index (κ3) is 4.78. The zero-order chi connectivity index (χ0) is 15.0. The van der Waals surface area contributed by atoms with Crippen molar-refractivity contribution in [2.75, 3.05) is 6.61 Å². The van der Waals surface area contributed by atoms with Crippen molar-refractivity contribution >= 4 is 17.7 Å². The first-order valence-electron chi connectivity index (χ1n) is 5.85. The van der Waals surface area contributed by atoms with E-state index in [1.54, 1.807) is 31.2 Å². The van der Waals surface area contributed by atoms with Crippen molar-refractivity contribution in [3.05, 3.63) is 35.4 Å². The number of hydrogen-bond donors (Lipinski definition) is 2. The van der Waals surface area contributed by atoms with E-state index < -0.39 is 17.7 Å². The Hall–Kier alpha value is -2.88. The van der Waals surface area contributed by atoms with Gasteiger partial charge >= 0.3 is 5.97 Å². The molecule has 1 aromatic rings. The number of ether oxygens (including phenoxy) is 1. The van der Waals surface area contributed by atoms with Crippen LogP contribution < -0.4 is 11.2 Å². The predicted octanol–water partition coefficient (Wildman–Crippen LogP) is 0.0523. The average molecular weight is 274 g/mol. The first-order chi connectivity index (χ1) is 9.56. The number of nitrogens with two attached hydrogens (primary N) is 1. The molecule has 0 bridgehead atoms. The van der Waals surface area contributed by atoms with Gasteiger partial charge < -0.3 is 10.5 Å². The van der Waals surface area contributed by atoms with Gasteiger partial charge in [0, 0.05) is 0 Å². The first kappa shape index (κ1) is 15.2. The van der Waals surface area contributed by atoms with Crippen molar-refractivity contribution < 1.29 is 14.3 Å². The van der Waals surface area contributed by atoms with Crippen LogP contribution in [-0.2, 0) is 20.7 Å². The van der Waals surface area contributed by atoms with E-state index in [4.69, 9.17) is 11.0 Å². The molecular weight excluding hydrogens is 260 g/mol. The fourth-order valence-corrected chi connectivity index (χ4v) is 1.35. The quantitative estimate of drug-likeness (QED) is 0.348. The van der Waals surface area contributed by atoms with E-state index in [1.165, 1.54) is 0 Å². The van der Waals surface area contributed by atoms with E-state index in [0.717, 1.165) is 0 Å². The van der Waals surface area contributed by atoms with Gasteiger partial charge in [0.1, 0.15) is 0 Å². The van der Waals surface area contributed by atoms with Gasteiger partial charge in [0.05, 0.1) is 24.7 Å².